The molecular weight excluding hydrogens is 387 g/mol. The van der Waals surface area contributed by atoms with E-state index >= 15 is 0 Å². The molecule has 0 aliphatic carbocycles. The van der Waals surface area contributed by atoms with Crippen LogP contribution in [0.25, 0.3) is 0 Å². The van der Waals surface area contributed by atoms with Gasteiger partial charge in [-0.15, -0.1) is 0 Å². The summed E-state index contributed by atoms with van der Waals surface area (Å²) in [4.78, 5) is 18.1. The van der Waals surface area contributed by atoms with Gasteiger partial charge in [-0.3, -0.25) is 4.79 Å². The van der Waals surface area contributed by atoms with Crippen LogP contribution in [-0.2, 0) is 26.1 Å². The molecule has 0 radical (unpaired) electrons. The van der Waals surface area contributed by atoms with Gasteiger partial charge in [0, 0.05) is 25.8 Å². The fraction of sp³-hybridized carbons (Fsp3) is 0.444. The summed E-state index contributed by atoms with van der Waals surface area (Å²) >= 11 is 0. The average Bonchev–Trinajstić information content (AvgIpc) is 3.17. The molecule has 0 atom stereocenters. The van der Waals surface area contributed by atoms with Crippen molar-refractivity contribution in [1.29, 1.82) is 0 Å². The standard InChI is InChI=1S/C18H23FN4O4S/c1-2-7-23(16-6-4-3-5-15(16)19)18(24)13-21-12-17(20-14-21)28(25,26)22-8-10-27-11-9-22/h3-6,12,14H,2,7-11,13H2,1H3. The van der Waals surface area contributed by atoms with Crippen molar-refractivity contribution in [1.82, 2.24) is 13.9 Å². The van der Waals surface area contributed by atoms with Crippen molar-refractivity contribution in [2.75, 3.05) is 37.7 Å². The van der Waals surface area contributed by atoms with Crippen LogP contribution < -0.4 is 4.90 Å². The second kappa shape index (κ2) is 8.80. The number of hydrogen-bond donors (Lipinski definition) is 0. The largest absolute Gasteiger partial charge is 0.379 e. The topological polar surface area (TPSA) is 84.7 Å². The molecular formula is C18H23FN4O4S. The predicted molar refractivity (Wildman–Crippen MR) is 101 cm³/mol. The number of ether oxygens (including phenoxy) is 1. The minimum absolute atomic E-state index is 0.116. The number of carbonyl (C=O) groups is 1. The van der Waals surface area contributed by atoms with E-state index in [4.69, 9.17) is 4.74 Å². The molecule has 0 bridgehead atoms. The SMILES string of the molecule is CCCN(C(=O)Cn1cnc(S(=O)(=O)N2CCOCC2)c1)c1ccccc1F. The van der Waals surface area contributed by atoms with Crippen molar-refractivity contribution in [3.05, 3.63) is 42.6 Å². The second-order valence-electron chi connectivity index (χ2n) is 6.40. The zero-order valence-electron chi connectivity index (χ0n) is 15.6. The summed E-state index contributed by atoms with van der Waals surface area (Å²) in [5.74, 6) is -0.829. The van der Waals surface area contributed by atoms with Gasteiger partial charge in [-0.05, 0) is 18.6 Å². The molecule has 152 valence electrons. The number of benzene rings is 1. The second-order valence-corrected chi connectivity index (χ2v) is 8.28. The van der Waals surface area contributed by atoms with Crippen LogP contribution in [0.4, 0.5) is 10.1 Å². The Hall–Kier alpha value is -2.30. The normalized spacial score (nSPS) is 15.5. The molecule has 1 aromatic carbocycles. The molecule has 3 rings (SSSR count). The van der Waals surface area contributed by atoms with Crippen molar-refractivity contribution in [3.63, 3.8) is 0 Å². The van der Waals surface area contributed by atoms with Gasteiger partial charge in [0.25, 0.3) is 10.0 Å². The molecule has 1 saturated heterocycles. The number of hydrogen-bond acceptors (Lipinski definition) is 5. The van der Waals surface area contributed by atoms with Crippen LogP contribution in [0.3, 0.4) is 0 Å². The number of anilines is 1. The van der Waals surface area contributed by atoms with Crippen LogP contribution >= 0.6 is 0 Å². The van der Waals surface area contributed by atoms with Crippen LogP contribution in [0.5, 0.6) is 0 Å². The Kier molecular flexibility index (Phi) is 6.42. The molecule has 0 spiro atoms. The number of nitrogens with zero attached hydrogens (tertiary/aromatic N) is 4. The third kappa shape index (κ3) is 4.40. The maximum atomic E-state index is 14.1. The molecule has 1 aliphatic rings. The number of halogens is 1. The molecule has 2 aromatic rings. The molecule has 0 N–H and O–H groups in total. The van der Waals surface area contributed by atoms with Crippen LogP contribution in [0.2, 0.25) is 0 Å². The van der Waals surface area contributed by atoms with E-state index in [0.29, 0.717) is 26.2 Å². The summed E-state index contributed by atoms with van der Waals surface area (Å²) in [6.07, 6.45) is 3.28. The lowest BCUT2D eigenvalue weighted by Gasteiger charge is -2.25. The van der Waals surface area contributed by atoms with E-state index in [2.05, 4.69) is 4.98 Å². The van der Waals surface area contributed by atoms with E-state index in [1.807, 2.05) is 6.92 Å². The lowest BCUT2D eigenvalue weighted by atomic mass is 10.2. The first kappa shape index (κ1) is 20.4. The number of rotatable bonds is 7. The minimum atomic E-state index is -3.73. The number of morpholine rings is 1. The Morgan fingerprint density at radius 3 is 2.68 bits per heavy atom. The average molecular weight is 410 g/mol. The van der Waals surface area contributed by atoms with E-state index in [0.717, 1.165) is 0 Å². The first-order chi connectivity index (χ1) is 13.4. The van der Waals surface area contributed by atoms with Gasteiger partial charge >= 0.3 is 0 Å². The van der Waals surface area contributed by atoms with Crippen molar-refractivity contribution >= 4 is 21.6 Å². The number of para-hydroxylation sites is 1. The molecule has 28 heavy (non-hydrogen) atoms. The first-order valence-electron chi connectivity index (χ1n) is 9.08. The summed E-state index contributed by atoms with van der Waals surface area (Å²) in [6.45, 7) is 3.33. The molecule has 1 aromatic heterocycles. The Bertz CT molecular complexity index is 925. The molecule has 10 heteroatoms. The molecule has 0 unspecified atom stereocenters. The summed E-state index contributed by atoms with van der Waals surface area (Å²) in [5, 5.41) is -0.116. The highest BCUT2D eigenvalue weighted by Gasteiger charge is 2.28. The number of sulfonamides is 1. The number of imidazole rings is 1. The lowest BCUT2D eigenvalue weighted by molar-refractivity contribution is -0.119. The number of aromatic nitrogens is 2. The Morgan fingerprint density at radius 1 is 1.29 bits per heavy atom. The van der Waals surface area contributed by atoms with Crippen molar-refractivity contribution in [2.45, 2.75) is 24.9 Å². The lowest BCUT2D eigenvalue weighted by Crippen LogP contribution is -2.40. The minimum Gasteiger partial charge on any atom is -0.379 e. The quantitative estimate of drug-likeness (QED) is 0.690. The fourth-order valence-electron chi connectivity index (χ4n) is 2.99. The molecule has 0 saturated carbocycles. The maximum absolute atomic E-state index is 14.1. The highest BCUT2D eigenvalue weighted by molar-refractivity contribution is 7.89. The number of carbonyl (C=O) groups excluding carboxylic acids is 1. The molecule has 1 amide bonds. The van der Waals surface area contributed by atoms with Gasteiger partial charge in [0.15, 0.2) is 5.03 Å². The summed E-state index contributed by atoms with van der Waals surface area (Å²) in [6, 6.07) is 6.07. The third-order valence-corrected chi connectivity index (χ3v) is 6.18. The van der Waals surface area contributed by atoms with E-state index in [9.17, 15) is 17.6 Å². The Balaban J connectivity index is 1.76. The fourth-order valence-corrected chi connectivity index (χ4v) is 4.34. The molecule has 2 heterocycles. The van der Waals surface area contributed by atoms with Crippen LogP contribution in [0.15, 0.2) is 41.8 Å². The van der Waals surface area contributed by atoms with Gasteiger partial charge in [0.05, 0.1) is 25.2 Å². The van der Waals surface area contributed by atoms with Crippen molar-refractivity contribution in [2.24, 2.45) is 0 Å². The van der Waals surface area contributed by atoms with E-state index in [1.165, 1.54) is 32.4 Å². The predicted octanol–water partition coefficient (Wildman–Crippen LogP) is 1.49. The van der Waals surface area contributed by atoms with Crippen LogP contribution in [0.1, 0.15) is 13.3 Å². The van der Waals surface area contributed by atoms with Gasteiger partial charge in [-0.1, -0.05) is 19.1 Å². The monoisotopic (exact) mass is 410 g/mol. The Morgan fingerprint density at radius 2 is 2.00 bits per heavy atom. The zero-order valence-corrected chi connectivity index (χ0v) is 16.4. The van der Waals surface area contributed by atoms with Crippen molar-refractivity contribution in [3.8, 4) is 0 Å². The summed E-state index contributed by atoms with van der Waals surface area (Å²) < 4.78 is 47.3. The van der Waals surface area contributed by atoms with Crippen molar-refractivity contribution < 1.29 is 22.3 Å². The number of amides is 1. The smallest absolute Gasteiger partial charge is 0.262 e. The maximum Gasteiger partial charge on any atom is 0.262 e. The van der Waals surface area contributed by atoms with Crippen LogP contribution in [0, 0.1) is 5.82 Å². The third-order valence-electron chi connectivity index (χ3n) is 4.39. The van der Waals surface area contributed by atoms with Gasteiger partial charge in [-0.2, -0.15) is 4.31 Å². The van der Waals surface area contributed by atoms with Gasteiger partial charge in [-0.25, -0.2) is 17.8 Å². The molecule has 1 aliphatic heterocycles. The highest BCUT2D eigenvalue weighted by atomic mass is 32.2. The molecule has 1 fully saturated rings. The van der Waals surface area contributed by atoms with E-state index < -0.39 is 15.8 Å². The molecule has 8 nitrogen and oxygen atoms in total. The zero-order chi connectivity index (χ0) is 20.1. The highest BCUT2D eigenvalue weighted by Crippen LogP contribution is 2.20. The summed E-state index contributed by atoms with van der Waals surface area (Å²) in [5.41, 5.74) is 0.204. The van der Waals surface area contributed by atoms with Gasteiger partial charge in [0.1, 0.15) is 12.4 Å². The van der Waals surface area contributed by atoms with Crippen LogP contribution in [-0.4, -0.2) is 61.0 Å². The van der Waals surface area contributed by atoms with E-state index in [-0.39, 0.29) is 36.3 Å². The van der Waals surface area contributed by atoms with E-state index in [1.54, 1.807) is 18.2 Å². The first-order valence-corrected chi connectivity index (χ1v) is 10.5. The Labute approximate surface area is 163 Å². The van der Waals surface area contributed by atoms with Gasteiger partial charge in [0.2, 0.25) is 5.91 Å². The van der Waals surface area contributed by atoms with Gasteiger partial charge < -0.3 is 14.2 Å². The summed E-state index contributed by atoms with van der Waals surface area (Å²) in [7, 11) is -3.73.